The van der Waals surface area contributed by atoms with Gasteiger partial charge >= 0.3 is 0 Å². The van der Waals surface area contributed by atoms with Gasteiger partial charge in [0.25, 0.3) is 15.9 Å². The maximum absolute atomic E-state index is 12.6. The molecule has 0 aliphatic heterocycles. The molecule has 5 nitrogen and oxygen atoms in total. The first-order chi connectivity index (χ1) is 13.3. The summed E-state index contributed by atoms with van der Waals surface area (Å²) >= 11 is 6.29. The fourth-order valence-electron chi connectivity index (χ4n) is 4.36. The van der Waals surface area contributed by atoms with Crippen molar-refractivity contribution in [3.8, 4) is 0 Å². The summed E-state index contributed by atoms with van der Waals surface area (Å²) in [5.74, 6) is 1.12. The number of halogens is 1. The van der Waals surface area contributed by atoms with Gasteiger partial charge in [-0.3, -0.25) is 9.52 Å². The molecule has 0 aromatic heterocycles. The zero-order valence-electron chi connectivity index (χ0n) is 15.6. The van der Waals surface area contributed by atoms with Crippen molar-refractivity contribution in [2.24, 2.45) is 11.8 Å². The van der Waals surface area contributed by atoms with Gasteiger partial charge in [-0.25, -0.2) is 8.42 Å². The predicted octanol–water partition coefficient (Wildman–Crippen LogP) is 4.37. The van der Waals surface area contributed by atoms with Crippen molar-refractivity contribution in [1.29, 1.82) is 0 Å². The Morgan fingerprint density at radius 3 is 2.43 bits per heavy atom. The van der Waals surface area contributed by atoms with Crippen molar-refractivity contribution in [2.75, 3.05) is 4.72 Å². The number of hydrogen-bond acceptors (Lipinski definition) is 3. The molecule has 0 radical (unpaired) electrons. The van der Waals surface area contributed by atoms with Gasteiger partial charge in [0.2, 0.25) is 0 Å². The fourth-order valence-corrected chi connectivity index (χ4v) is 5.68. The Labute approximate surface area is 170 Å². The summed E-state index contributed by atoms with van der Waals surface area (Å²) in [6, 6.07) is 11.4. The smallest absolute Gasteiger partial charge is 0.261 e. The second kappa shape index (κ2) is 7.41. The van der Waals surface area contributed by atoms with Crippen LogP contribution in [0.15, 0.2) is 47.4 Å². The summed E-state index contributed by atoms with van der Waals surface area (Å²) in [5, 5.41) is 3.33. The van der Waals surface area contributed by atoms with Crippen LogP contribution in [-0.2, 0) is 10.0 Å². The number of carbonyl (C=O) groups is 1. The van der Waals surface area contributed by atoms with Gasteiger partial charge < -0.3 is 5.32 Å². The van der Waals surface area contributed by atoms with Gasteiger partial charge in [0.05, 0.1) is 21.2 Å². The van der Waals surface area contributed by atoms with Gasteiger partial charge in [0.15, 0.2) is 0 Å². The largest absolute Gasteiger partial charge is 0.349 e. The fraction of sp³-hybridized carbons (Fsp3) is 0.381. The molecule has 7 heteroatoms. The average molecular weight is 419 g/mol. The summed E-state index contributed by atoms with van der Waals surface area (Å²) in [4.78, 5) is 12.8. The number of rotatable bonds is 5. The molecule has 148 valence electrons. The Morgan fingerprint density at radius 1 is 1.07 bits per heavy atom. The van der Waals surface area contributed by atoms with Crippen molar-refractivity contribution in [3.05, 3.63) is 58.6 Å². The predicted molar refractivity (Wildman–Crippen MR) is 110 cm³/mol. The molecule has 2 aliphatic carbocycles. The Balaban J connectivity index is 1.46. The average Bonchev–Trinajstić information content (AvgIpc) is 3.24. The maximum atomic E-state index is 12.6. The van der Waals surface area contributed by atoms with Crippen LogP contribution in [0.1, 0.15) is 41.6 Å². The molecule has 2 fully saturated rings. The Hall–Kier alpha value is -2.05. The van der Waals surface area contributed by atoms with Gasteiger partial charge in [-0.2, -0.15) is 0 Å². The lowest BCUT2D eigenvalue weighted by molar-refractivity contribution is 0.0923. The minimum Gasteiger partial charge on any atom is -0.349 e. The summed E-state index contributed by atoms with van der Waals surface area (Å²) in [6.07, 6.45) is 4.71. The zero-order valence-corrected chi connectivity index (χ0v) is 17.2. The molecule has 28 heavy (non-hydrogen) atoms. The number of anilines is 1. The molecule has 1 amide bonds. The molecule has 2 aliphatic rings. The van der Waals surface area contributed by atoms with Gasteiger partial charge in [-0.15, -0.1) is 0 Å². The van der Waals surface area contributed by atoms with Crippen molar-refractivity contribution in [3.63, 3.8) is 0 Å². The molecule has 2 saturated carbocycles. The van der Waals surface area contributed by atoms with Crippen LogP contribution in [0.3, 0.4) is 0 Å². The molecule has 3 atom stereocenters. The van der Waals surface area contributed by atoms with Crippen LogP contribution in [0.25, 0.3) is 0 Å². The summed E-state index contributed by atoms with van der Waals surface area (Å²) in [5.41, 5.74) is 1.66. The minimum atomic E-state index is -3.71. The van der Waals surface area contributed by atoms with Crippen LogP contribution in [0.2, 0.25) is 5.02 Å². The van der Waals surface area contributed by atoms with Gasteiger partial charge in [0.1, 0.15) is 0 Å². The minimum absolute atomic E-state index is 0.173. The highest BCUT2D eigenvalue weighted by Crippen LogP contribution is 2.44. The second-order valence-electron chi connectivity index (χ2n) is 7.87. The van der Waals surface area contributed by atoms with E-state index in [1.165, 1.54) is 25.3 Å². The second-order valence-corrected chi connectivity index (χ2v) is 9.96. The Morgan fingerprint density at radius 2 is 1.82 bits per heavy atom. The van der Waals surface area contributed by atoms with E-state index in [-0.39, 0.29) is 21.9 Å². The van der Waals surface area contributed by atoms with Crippen LogP contribution >= 0.6 is 11.6 Å². The SMILES string of the molecule is Cc1ccc(S(=O)(=O)Nc2ccc(C(=O)NC3CC4CCC3C4)c(Cl)c2)cc1. The van der Waals surface area contributed by atoms with Crippen molar-refractivity contribution in [2.45, 2.75) is 43.5 Å². The molecular weight excluding hydrogens is 396 g/mol. The van der Waals surface area contributed by atoms with Crippen molar-refractivity contribution in [1.82, 2.24) is 5.32 Å². The lowest BCUT2D eigenvalue weighted by Crippen LogP contribution is -2.38. The summed E-state index contributed by atoms with van der Waals surface area (Å²) in [6.45, 7) is 1.89. The van der Waals surface area contributed by atoms with E-state index < -0.39 is 10.0 Å². The van der Waals surface area contributed by atoms with E-state index in [2.05, 4.69) is 10.0 Å². The topological polar surface area (TPSA) is 75.3 Å². The molecule has 3 unspecified atom stereocenters. The van der Waals surface area contributed by atoms with Gasteiger partial charge in [-0.05, 0) is 68.4 Å². The third kappa shape index (κ3) is 3.89. The number of aryl methyl sites for hydroxylation is 1. The normalized spacial score (nSPS) is 23.6. The maximum Gasteiger partial charge on any atom is 0.261 e. The molecular formula is C21H23ClN2O3S. The van der Waals surface area contributed by atoms with E-state index in [1.54, 1.807) is 36.4 Å². The third-order valence-electron chi connectivity index (χ3n) is 5.85. The van der Waals surface area contributed by atoms with Gasteiger partial charge in [-0.1, -0.05) is 35.7 Å². The monoisotopic (exact) mass is 418 g/mol. The van der Waals surface area contributed by atoms with Gasteiger partial charge in [0, 0.05) is 6.04 Å². The molecule has 0 heterocycles. The number of hydrogen-bond donors (Lipinski definition) is 2. The molecule has 4 rings (SSSR count). The van der Waals surface area contributed by atoms with Crippen molar-refractivity contribution < 1.29 is 13.2 Å². The zero-order chi connectivity index (χ0) is 19.9. The number of nitrogens with one attached hydrogen (secondary N) is 2. The van der Waals surface area contributed by atoms with Crippen LogP contribution in [0.4, 0.5) is 5.69 Å². The lowest BCUT2D eigenvalue weighted by Gasteiger charge is -2.23. The molecule has 2 aromatic rings. The first-order valence-electron chi connectivity index (χ1n) is 9.52. The van der Waals surface area contributed by atoms with Crippen LogP contribution in [-0.4, -0.2) is 20.4 Å². The molecule has 0 saturated heterocycles. The van der Waals surface area contributed by atoms with Crippen LogP contribution in [0, 0.1) is 18.8 Å². The first kappa shape index (κ1) is 19.3. The van der Waals surface area contributed by atoms with Crippen molar-refractivity contribution >= 4 is 33.2 Å². The number of sulfonamides is 1. The highest BCUT2D eigenvalue weighted by Gasteiger charge is 2.40. The quantitative estimate of drug-likeness (QED) is 0.757. The van der Waals surface area contributed by atoms with E-state index in [0.29, 0.717) is 17.2 Å². The van der Waals surface area contributed by atoms with E-state index in [9.17, 15) is 13.2 Å². The number of fused-ring (bicyclic) bond motifs is 2. The number of benzene rings is 2. The highest BCUT2D eigenvalue weighted by molar-refractivity contribution is 7.92. The van der Waals surface area contributed by atoms with E-state index in [1.807, 2.05) is 6.92 Å². The number of amides is 1. The number of carbonyl (C=O) groups excluding carboxylic acids is 1. The summed E-state index contributed by atoms with van der Waals surface area (Å²) in [7, 11) is -3.71. The van der Waals surface area contributed by atoms with E-state index in [4.69, 9.17) is 11.6 Å². The molecule has 2 aromatic carbocycles. The first-order valence-corrected chi connectivity index (χ1v) is 11.4. The van der Waals surface area contributed by atoms with Crippen LogP contribution < -0.4 is 10.0 Å². The molecule has 0 spiro atoms. The van der Waals surface area contributed by atoms with E-state index in [0.717, 1.165) is 17.9 Å². The lowest BCUT2D eigenvalue weighted by atomic mass is 9.95. The Bertz CT molecular complexity index is 1000. The van der Waals surface area contributed by atoms with E-state index >= 15 is 0 Å². The third-order valence-corrected chi connectivity index (χ3v) is 7.56. The molecule has 2 bridgehead atoms. The standard InChI is InChI=1S/C21H23ClN2O3S/c1-13-2-7-17(8-3-13)28(26,27)24-16-6-9-18(19(22)12-16)21(25)23-20-11-14-4-5-15(20)10-14/h2-3,6-9,12,14-15,20,24H,4-5,10-11H2,1H3,(H,23,25). The summed E-state index contributed by atoms with van der Waals surface area (Å²) < 4.78 is 27.5. The molecule has 2 N–H and O–H groups in total. The van der Waals surface area contributed by atoms with Crippen LogP contribution in [0.5, 0.6) is 0 Å². The Kier molecular flexibility index (Phi) is 5.10. The highest BCUT2D eigenvalue weighted by atomic mass is 35.5.